The smallest absolute Gasteiger partial charge is 0.0766 e. The Morgan fingerprint density at radius 3 is 2.71 bits per heavy atom. The average Bonchev–Trinajstić information content (AvgIpc) is 3.06. The van der Waals surface area contributed by atoms with E-state index in [1.54, 1.807) is 0 Å². The van der Waals surface area contributed by atoms with Crippen LogP contribution in [-0.2, 0) is 6.54 Å². The molecule has 88 valence electrons. The molecule has 0 bridgehead atoms. The van der Waals surface area contributed by atoms with Gasteiger partial charge in [0.15, 0.2) is 0 Å². The number of nitrogens with zero attached hydrogens (tertiary/aromatic N) is 2. The predicted octanol–water partition coefficient (Wildman–Crippen LogP) is 2.43. The lowest BCUT2D eigenvalue weighted by Gasteiger charge is -2.02. The molecular weight excluding hydrogens is 210 g/mol. The summed E-state index contributed by atoms with van der Waals surface area (Å²) in [6.45, 7) is 2.97. The summed E-state index contributed by atoms with van der Waals surface area (Å²) in [5.74, 6) is 0. The van der Waals surface area contributed by atoms with Crippen LogP contribution in [0.1, 0.15) is 24.1 Å². The molecule has 1 fully saturated rings. The molecular formula is C14H17N3. The Morgan fingerprint density at radius 1 is 1.24 bits per heavy atom. The van der Waals surface area contributed by atoms with Gasteiger partial charge in [-0.25, -0.2) is 4.68 Å². The molecule has 1 saturated carbocycles. The van der Waals surface area contributed by atoms with Gasteiger partial charge in [0.05, 0.1) is 11.4 Å². The van der Waals surface area contributed by atoms with E-state index in [1.165, 1.54) is 18.4 Å². The Bertz CT molecular complexity index is 494. The van der Waals surface area contributed by atoms with Gasteiger partial charge in [0.25, 0.3) is 0 Å². The van der Waals surface area contributed by atoms with Crippen molar-refractivity contribution in [3.05, 3.63) is 47.8 Å². The number of aryl methyl sites for hydroxylation is 1. The van der Waals surface area contributed by atoms with Gasteiger partial charge in [0.1, 0.15) is 0 Å². The Balaban J connectivity index is 1.72. The van der Waals surface area contributed by atoms with Gasteiger partial charge < -0.3 is 5.32 Å². The molecule has 1 heterocycles. The molecule has 3 rings (SSSR count). The van der Waals surface area contributed by atoms with E-state index in [0.29, 0.717) is 0 Å². The largest absolute Gasteiger partial charge is 0.308 e. The van der Waals surface area contributed by atoms with Crippen molar-refractivity contribution < 1.29 is 0 Å². The molecule has 1 aromatic carbocycles. The van der Waals surface area contributed by atoms with E-state index in [2.05, 4.69) is 47.7 Å². The van der Waals surface area contributed by atoms with Crippen molar-refractivity contribution in [1.29, 1.82) is 0 Å². The zero-order valence-electron chi connectivity index (χ0n) is 10.1. The van der Waals surface area contributed by atoms with Crippen LogP contribution in [0.4, 0.5) is 0 Å². The van der Waals surface area contributed by atoms with E-state index >= 15 is 0 Å². The fraction of sp³-hybridized carbons (Fsp3) is 0.357. The molecule has 0 atom stereocenters. The fourth-order valence-corrected chi connectivity index (χ4v) is 1.83. The molecule has 3 heteroatoms. The molecule has 2 aromatic rings. The van der Waals surface area contributed by atoms with Crippen LogP contribution < -0.4 is 5.32 Å². The highest BCUT2D eigenvalue weighted by Crippen LogP contribution is 2.19. The lowest BCUT2D eigenvalue weighted by atomic mass is 10.2. The quantitative estimate of drug-likeness (QED) is 0.869. The van der Waals surface area contributed by atoms with Crippen molar-refractivity contribution in [2.24, 2.45) is 0 Å². The van der Waals surface area contributed by atoms with Crippen LogP contribution in [0.25, 0.3) is 5.69 Å². The molecule has 1 aliphatic rings. The minimum atomic E-state index is 0.736. The highest BCUT2D eigenvalue weighted by atomic mass is 15.3. The Kier molecular flexibility index (Phi) is 2.69. The zero-order chi connectivity index (χ0) is 11.7. The molecule has 3 nitrogen and oxygen atoms in total. The lowest BCUT2D eigenvalue weighted by molar-refractivity contribution is 0.665. The van der Waals surface area contributed by atoms with Crippen molar-refractivity contribution in [3.63, 3.8) is 0 Å². The number of benzene rings is 1. The highest BCUT2D eigenvalue weighted by Gasteiger charge is 2.20. The van der Waals surface area contributed by atoms with Crippen LogP contribution in [-0.4, -0.2) is 15.8 Å². The van der Waals surface area contributed by atoms with Crippen molar-refractivity contribution in [2.45, 2.75) is 32.4 Å². The van der Waals surface area contributed by atoms with Crippen molar-refractivity contribution >= 4 is 0 Å². The molecule has 0 radical (unpaired) electrons. The summed E-state index contributed by atoms with van der Waals surface area (Å²) in [4.78, 5) is 0. The number of hydrogen-bond acceptors (Lipinski definition) is 2. The fourth-order valence-electron chi connectivity index (χ4n) is 1.83. The van der Waals surface area contributed by atoms with E-state index < -0.39 is 0 Å². The van der Waals surface area contributed by atoms with Crippen LogP contribution in [0.2, 0.25) is 0 Å². The van der Waals surface area contributed by atoms with E-state index in [0.717, 1.165) is 24.0 Å². The van der Waals surface area contributed by atoms with Crippen molar-refractivity contribution in [2.75, 3.05) is 0 Å². The topological polar surface area (TPSA) is 29.9 Å². The van der Waals surface area contributed by atoms with E-state index in [1.807, 2.05) is 10.9 Å². The number of nitrogens with one attached hydrogen (secondary N) is 1. The number of aromatic nitrogens is 2. The second-order valence-electron chi connectivity index (χ2n) is 4.74. The van der Waals surface area contributed by atoms with Gasteiger partial charge in [-0.3, -0.25) is 0 Å². The third-order valence-electron chi connectivity index (χ3n) is 3.09. The first-order valence-electron chi connectivity index (χ1n) is 6.16. The lowest BCUT2D eigenvalue weighted by Crippen LogP contribution is -2.15. The van der Waals surface area contributed by atoms with Gasteiger partial charge in [0, 0.05) is 18.8 Å². The average molecular weight is 227 g/mol. The molecule has 17 heavy (non-hydrogen) atoms. The zero-order valence-corrected chi connectivity index (χ0v) is 10.1. The SMILES string of the molecule is Cc1ccc(-n2ccc(CNC3CC3)n2)cc1. The summed E-state index contributed by atoms with van der Waals surface area (Å²) in [7, 11) is 0. The minimum Gasteiger partial charge on any atom is -0.308 e. The maximum atomic E-state index is 4.56. The van der Waals surface area contributed by atoms with Gasteiger partial charge in [-0.1, -0.05) is 17.7 Å². The predicted molar refractivity (Wildman–Crippen MR) is 68.2 cm³/mol. The molecule has 0 aliphatic heterocycles. The Morgan fingerprint density at radius 2 is 2.00 bits per heavy atom. The highest BCUT2D eigenvalue weighted by molar-refractivity contribution is 5.33. The number of rotatable bonds is 4. The van der Waals surface area contributed by atoms with E-state index in [-0.39, 0.29) is 0 Å². The normalized spacial score (nSPS) is 15.1. The van der Waals surface area contributed by atoms with E-state index in [4.69, 9.17) is 0 Å². The van der Waals surface area contributed by atoms with Crippen LogP contribution in [0.3, 0.4) is 0 Å². The summed E-state index contributed by atoms with van der Waals surface area (Å²) < 4.78 is 1.93. The summed E-state index contributed by atoms with van der Waals surface area (Å²) in [6, 6.07) is 11.2. The van der Waals surface area contributed by atoms with Crippen LogP contribution in [0.15, 0.2) is 36.5 Å². The molecule has 0 amide bonds. The Hall–Kier alpha value is -1.61. The summed E-state index contributed by atoms with van der Waals surface area (Å²) >= 11 is 0. The monoisotopic (exact) mass is 227 g/mol. The number of hydrogen-bond donors (Lipinski definition) is 1. The third kappa shape index (κ3) is 2.56. The van der Waals surface area contributed by atoms with Crippen molar-refractivity contribution in [1.82, 2.24) is 15.1 Å². The van der Waals surface area contributed by atoms with Gasteiger partial charge in [0.2, 0.25) is 0 Å². The minimum absolute atomic E-state index is 0.736. The first-order chi connectivity index (χ1) is 8.31. The first-order valence-corrected chi connectivity index (χ1v) is 6.16. The van der Waals surface area contributed by atoms with E-state index in [9.17, 15) is 0 Å². The second-order valence-corrected chi connectivity index (χ2v) is 4.74. The third-order valence-corrected chi connectivity index (χ3v) is 3.09. The molecule has 0 unspecified atom stereocenters. The van der Waals surface area contributed by atoms with Gasteiger partial charge in [-0.05, 0) is 38.0 Å². The standard InChI is InChI=1S/C14H17N3/c1-11-2-6-14(7-3-11)17-9-8-13(16-17)10-15-12-4-5-12/h2-3,6-9,12,15H,4-5,10H2,1H3. The maximum Gasteiger partial charge on any atom is 0.0766 e. The molecule has 1 aromatic heterocycles. The Labute approximate surface area is 101 Å². The van der Waals surface area contributed by atoms with Crippen LogP contribution >= 0.6 is 0 Å². The first kappa shape index (κ1) is 10.5. The second kappa shape index (κ2) is 4.34. The van der Waals surface area contributed by atoms with Crippen molar-refractivity contribution in [3.8, 4) is 5.69 Å². The summed E-state index contributed by atoms with van der Waals surface area (Å²) in [5.41, 5.74) is 3.50. The van der Waals surface area contributed by atoms with Gasteiger partial charge >= 0.3 is 0 Å². The molecule has 0 saturated heterocycles. The van der Waals surface area contributed by atoms with Gasteiger partial charge in [-0.15, -0.1) is 0 Å². The maximum absolute atomic E-state index is 4.56. The van der Waals surface area contributed by atoms with Gasteiger partial charge in [-0.2, -0.15) is 5.10 Å². The van der Waals surface area contributed by atoms with Crippen LogP contribution in [0.5, 0.6) is 0 Å². The molecule has 1 N–H and O–H groups in total. The summed E-state index contributed by atoms with van der Waals surface area (Å²) in [5, 5.41) is 8.04. The van der Waals surface area contributed by atoms with Crippen LogP contribution in [0, 0.1) is 6.92 Å². The molecule has 0 spiro atoms. The summed E-state index contributed by atoms with van der Waals surface area (Å²) in [6.07, 6.45) is 4.66. The molecule has 1 aliphatic carbocycles.